The van der Waals surface area contributed by atoms with Crippen LogP contribution in [0.3, 0.4) is 0 Å². The summed E-state index contributed by atoms with van der Waals surface area (Å²) in [5.74, 6) is -1.50. The van der Waals surface area contributed by atoms with Gasteiger partial charge < -0.3 is 5.32 Å². The largest absolute Gasteiger partial charge is 0.354 e. The summed E-state index contributed by atoms with van der Waals surface area (Å²) in [5, 5.41) is 3.15. The van der Waals surface area contributed by atoms with Gasteiger partial charge in [-0.2, -0.15) is 0 Å². The molecule has 0 saturated carbocycles. The molecule has 0 aliphatic carbocycles. The standard InChI is InChI=1S/C18H18ClF2NO2S/c1-18(2,25(24)15-6-3-13(19)4-7-15)17(23)22-10-9-12-11-14(20)5-8-16(12)21/h3-8,11H,9-10H2,1-2H3,(H,22,23). The Morgan fingerprint density at radius 3 is 2.44 bits per heavy atom. The molecule has 0 saturated heterocycles. The monoisotopic (exact) mass is 385 g/mol. The van der Waals surface area contributed by atoms with Crippen molar-refractivity contribution in [2.24, 2.45) is 0 Å². The summed E-state index contributed by atoms with van der Waals surface area (Å²) in [5.41, 5.74) is 0.178. The first-order chi connectivity index (χ1) is 11.7. The van der Waals surface area contributed by atoms with Gasteiger partial charge in [-0.15, -0.1) is 0 Å². The van der Waals surface area contributed by atoms with Crippen molar-refractivity contribution in [2.75, 3.05) is 6.54 Å². The van der Waals surface area contributed by atoms with Gasteiger partial charge in [-0.1, -0.05) is 11.6 Å². The van der Waals surface area contributed by atoms with Crippen molar-refractivity contribution in [2.45, 2.75) is 29.9 Å². The molecule has 0 aromatic heterocycles. The van der Waals surface area contributed by atoms with Gasteiger partial charge in [0.05, 0.1) is 10.8 Å². The molecule has 1 unspecified atom stereocenters. The fraction of sp³-hybridized carbons (Fsp3) is 0.278. The summed E-state index contributed by atoms with van der Waals surface area (Å²) in [6.07, 6.45) is 0.138. The maximum atomic E-state index is 13.6. The highest BCUT2D eigenvalue weighted by Crippen LogP contribution is 2.23. The third kappa shape index (κ3) is 4.86. The van der Waals surface area contributed by atoms with Crippen LogP contribution in [0, 0.1) is 11.6 Å². The summed E-state index contributed by atoms with van der Waals surface area (Å²) in [6, 6.07) is 9.61. The van der Waals surface area contributed by atoms with E-state index in [1.807, 2.05) is 0 Å². The second kappa shape index (κ2) is 8.06. The molecule has 7 heteroatoms. The fourth-order valence-electron chi connectivity index (χ4n) is 2.20. The molecule has 2 aromatic carbocycles. The van der Waals surface area contributed by atoms with Gasteiger partial charge in [-0.3, -0.25) is 9.00 Å². The second-order valence-corrected chi connectivity index (χ2v) is 8.44. The van der Waals surface area contributed by atoms with Crippen molar-refractivity contribution in [3.63, 3.8) is 0 Å². The van der Waals surface area contributed by atoms with Crippen molar-refractivity contribution in [3.05, 3.63) is 64.7 Å². The first-order valence-corrected chi connectivity index (χ1v) is 9.14. The lowest BCUT2D eigenvalue weighted by Crippen LogP contribution is -2.46. The van der Waals surface area contributed by atoms with E-state index in [0.717, 1.165) is 18.2 Å². The molecule has 1 atom stereocenters. The van der Waals surface area contributed by atoms with Crippen molar-refractivity contribution in [1.29, 1.82) is 0 Å². The molecule has 0 aliphatic heterocycles. The quantitative estimate of drug-likeness (QED) is 0.820. The molecule has 1 amide bonds. The van der Waals surface area contributed by atoms with Crippen LogP contribution in [0.15, 0.2) is 47.4 Å². The van der Waals surface area contributed by atoms with E-state index in [2.05, 4.69) is 5.32 Å². The summed E-state index contributed by atoms with van der Waals surface area (Å²) in [7, 11) is -1.59. The van der Waals surface area contributed by atoms with Crippen molar-refractivity contribution >= 4 is 28.3 Å². The lowest BCUT2D eigenvalue weighted by Gasteiger charge is -2.23. The molecule has 134 valence electrons. The number of halogens is 3. The molecule has 0 heterocycles. The maximum absolute atomic E-state index is 13.6. The number of hydrogen-bond donors (Lipinski definition) is 1. The van der Waals surface area contributed by atoms with Crippen LogP contribution in [0.1, 0.15) is 19.4 Å². The van der Waals surface area contributed by atoms with E-state index < -0.39 is 33.1 Å². The number of rotatable bonds is 6. The molecule has 0 radical (unpaired) electrons. The summed E-state index contributed by atoms with van der Waals surface area (Å²) >= 11 is 5.81. The molecule has 0 aliphatic rings. The highest BCUT2D eigenvalue weighted by Gasteiger charge is 2.35. The molecule has 2 aromatic rings. The van der Waals surface area contributed by atoms with Gasteiger partial charge in [0.15, 0.2) is 0 Å². The van der Waals surface area contributed by atoms with Crippen LogP contribution in [0.4, 0.5) is 8.78 Å². The lowest BCUT2D eigenvalue weighted by atomic mass is 10.1. The number of carbonyl (C=O) groups is 1. The summed E-state index contributed by atoms with van der Waals surface area (Å²) in [6.45, 7) is 3.24. The highest BCUT2D eigenvalue weighted by molar-refractivity contribution is 7.87. The van der Waals surface area contributed by atoms with Gasteiger partial charge in [-0.05, 0) is 68.3 Å². The smallest absolute Gasteiger partial charge is 0.238 e. The molecular weight excluding hydrogens is 368 g/mol. The van der Waals surface area contributed by atoms with Crippen molar-refractivity contribution in [1.82, 2.24) is 5.32 Å². The molecule has 0 spiro atoms. The number of hydrogen-bond acceptors (Lipinski definition) is 2. The Hall–Kier alpha value is -1.79. The Labute approximate surface area is 152 Å². The van der Waals surface area contributed by atoms with E-state index >= 15 is 0 Å². The minimum Gasteiger partial charge on any atom is -0.354 e. The zero-order valence-electron chi connectivity index (χ0n) is 13.8. The molecule has 0 fully saturated rings. The van der Waals surface area contributed by atoms with Crippen LogP contribution < -0.4 is 5.32 Å². The van der Waals surface area contributed by atoms with Gasteiger partial charge in [0.2, 0.25) is 5.91 Å². The van der Waals surface area contributed by atoms with Crippen LogP contribution in [0.5, 0.6) is 0 Å². The van der Waals surface area contributed by atoms with Gasteiger partial charge in [0.1, 0.15) is 16.4 Å². The predicted octanol–water partition coefficient (Wildman–Crippen LogP) is 3.86. The Morgan fingerprint density at radius 2 is 1.80 bits per heavy atom. The topological polar surface area (TPSA) is 46.2 Å². The van der Waals surface area contributed by atoms with Crippen LogP contribution in [-0.4, -0.2) is 21.4 Å². The van der Waals surface area contributed by atoms with Crippen molar-refractivity contribution in [3.8, 4) is 0 Å². The normalized spacial score (nSPS) is 12.7. The first-order valence-electron chi connectivity index (χ1n) is 7.61. The van der Waals surface area contributed by atoms with Gasteiger partial charge in [0.25, 0.3) is 0 Å². The molecule has 2 rings (SSSR count). The number of benzene rings is 2. The molecule has 3 nitrogen and oxygen atoms in total. The average molecular weight is 386 g/mol. The molecule has 0 bridgehead atoms. The SMILES string of the molecule is CC(C)(C(=O)NCCc1cc(F)ccc1F)S(=O)c1ccc(Cl)cc1. The van der Waals surface area contributed by atoms with Crippen LogP contribution >= 0.6 is 11.6 Å². The third-order valence-electron chi connectivity index (χ3n) is 3.73. The van der Waals surface area contributed by atoms with E-state index in [0.29, 0.717) is 9.92 Å². The summed E-state index contributed by atoms with van der Waals surface area (Å²) in [4.78, 5) is 12.9. The Kier molecular flexibility index (Phi) is 6.30. The van der Waals surface area contributed by atoms with Crippen LogP contribution in [0.25, 0.3) is 0 Å². The first kappa shape index (κ1) is 19.5. The Balaban J connectivity index is 1.99. The minimum atomic E-state index is -1.59. The van der Waals surface area contributed by atoms with Gasteiger partial charge in [0, 0.05) is 16.5 Å². The lowest BCUT2D eigenvalue weighted by molar-refractivity contribution is -0.122. The van der Waals surface area contributed by atoms with Crippen LogP contribution in [0.2, 0.25) is 5.02 Å². The number of carbonyl (C=O) groups excluding carboxylic acids is 1. The zero-order chi connectivity index (χ0) is 18.6. The van der Waals surface area contributed by atoms with E-state index in [1.165, 1.54) is 0 Å². The van der Waals surface area contributed by atoms with Crippen LogP contribution in [-0.2, 0) is 22.0 Å². The molecule has 1 N–H and O–H groups in total. The fourth-order valence-corrected chi connectivity index (χ4v) is 3.53. The van der Waals surface area contributed by atoms with E-state index in [4.69, 9.17) is 11.6 Å². The van der Waals surface area contributed by atoms with Gasteiger partial charge >= 0.3 is 0 Å². The highest BCUT2D eigenvalue weighted by atomic mass is 35.5. The maximum Gasteiger partial charge on any atom is 0.238 e. The Bertz CT molecular complexity index is 794. The number of amides is 1. The van der Waals surface area contributed by atoms with E-state index in [1.54, 1.807) is 38.1 Å². The summed E-state index contributed by atoms with van der Waals surface area (Å²) < 4.78 is 38.2. The third-order valence-corrected chi connectivity index (χ3v) is 5.79. The average Bonchev–Trinajstić information content (AvgIpc) is 2.57. The van der Waals surface area contributed by atoms with Gasteiger partial charge in [-0.25, -0.2) is 8.78 Å². The van der Waals surface area contributed by atoms with Crippen molar-refractivity contribution < 1.29 is 17.8 Å². The predicted molar refractivity (Wildman–Crippen MR) is 95.0 cm³/mol. The second-order valence-electron chi connectivity index (χ2n) is 5.97. The van der Waals surface area contributed by atoms with E-state index in [9.17, 15) is 17.8 Å². The zero-order valence-corrected chi connectivity index (χ0v) is 15.4. The Morgan fingerprint density at radius 1 is 1.16 bits per heavy atom. The molecule has 25 heavy (non-hydrogen) atoms. The minimum absolute atomic E-state index is 0.112. The molecular formula is C18H18ClF2NO2S. The van der Waals surface area contributed by atoms with E-state index in [-0.39, 0.29) is 18.5 Å². The number of nitrogens with one attached hydrogen (secondary N) is 1.